The van der Waals surface area contributed by atoms with Crippen molar-refractivity contribution in [2.75, 3.05) is 27.2 Å². The summed E-state index contributed by atoms with van der Waals surface area (Å²) in [6.07, 6.45) is 5.48. The number of guanidine groups is 1. The van der Waals surface area contributed by atoms with Gasteiger partial charge >= 0.3 is 0 Å². The molecule has 0 aromatic carbocycles. The van der Waals surface area contributed by atoms with Gasteiger partial charge in [0, 0.05) is 31.6 Å². The summed E-state index contributed by atoms with van der Waals surface area (Å²) >= 11 is 1.71. The molecule has 0 spiro atoms. The van der Waals surface area contributed by atoms with E-state index in [1.165, 1.54) is 31.4 Å². The highest BCUT2D eigenvalue weighted by atomic mass is 127. The highest BCUT2D eigenvalue weighted by molar-refractivity contribution is 14.0. The number of thiazole rings is 1. The van der Waals surface area contributed by atoms with Gasteiger partial charge in [-0.15, -0.1) is 35.3 Å². The van der Waals surface area contributed by atoms with E-state index in [0.717, 1.165) is 36.6 Å². The van der Waals surface area contributed by atoms with Gasteiger partial charge in [-0.25, -0.2) is 4.98 Å². The minimum absolute atomic E-state index is 0. The van der Waals surface area contributed by atoms with Crippen LogP contribution in [0.4, 0.5) is 0 Å². The van der Waals surface area contributed by atoms with Crippen molar-refractivity contribution in [3.63, 3.8) is 0 Å². The Hall–Kier alpha value is -0.410. The van der Waals surface area contributed by atoms with Crippen LogP contribution in [0.1, 0.15) is 56.2 Å². The Morgan fingerprint density at radius 2 is 2.08 bits per heavy atom. The second-order valence-corrected chi connectivity index (χ2v) is 7.53. The van der Waals surface area contributed by atoms with Crippen molar-refractivity contribution < 1.29 is 0 Å². The van der Waals surface area contributed by atoms with Crippen molar-refractivity contribution in [3.8, 4) is 0 Å². The van der Waals surface area contributed by atoms with E-state index in [1.54, 1.807) is 11.3 Å². The number of aliphatic imine (C=N–C) groups is 1. The second-order valence-electron chi connectivity index (χ2n) is 6.59. The molecule has 0 atom stereocenters. The summed E-state index contributed by atoms with van der Waals surface area (Å²) < 4.78 is 0. The van der Waals surface area contributed by atoms with Crippen LogP contribution in [0.3, 0.4) is 0 Å². The molecule has 0 radical (unpaired) electrons. The summed E-state index contributed by atoms with van der Waals surface area (Å²) in [5, 5.41) is 10.0. The number of hydrogen-bond acceptors (Lipinski definition) is 4. The molecule has 138 valence electrons. The molecule has 0 saturated heterocycles. The summed E-state index contributed by atoms with van der Waals surface area (Å²) in [5.41, 5.74) is 1.17. The molecule has 1 saturated carbocycles. The molecule has 1 aromatic rings. The van der Waals surface area contributed by atoms with Gasteiger partial charge < -0.3 is 15.5 Å². The van der Waals surface area contributed by atoms with E-state index in [9.17, 15) is 0 Å². The predicted octanol–water partition coefficient (Wildman–Crippen LogP) is 3.42. The third-order valence-electron chi connectivity index (χ3n) is 4.50. The average Bonchev–Trinajstić information content (AvgIpc) is 3.21. The Kier molecular flexibility index (Phi) is 10.1. The van der Waals surface area contributed by atoms with Crippen LogP contribution in [0.2, 0.25) is 0 Å². The first-order valence-electron chi connectivity index (χ1n) is 8.69. The van der Waals surface area contributed by atoms with Crippen LogP contribution in [0.25, 0.3) is 0 Å². The molecule has 2 rings (SSSR count). The Bertz CT molecular complexity index is 497. The quantitative estimate of drug-likeness (QED) is 0.368. The summed E-state index contributed by atoms with van der Waals surface area (Å²) in [6, 6.07) is 0.775. The highest BCUT2D eigenvalue weighted by Crippen LogP contribution is 2.21. The van der Waals surface area contributed by atoms with Crippen LogP contribution >= 0.6 is 35.3 Å². The Morgan fingerprint density at radius 3 is 2.67 bits per heavy atom. The van der Waals surface area contributed by atoms with Gasteiger partial charge in [0.25, 0.3) is 0 Å². The van der Waals surface area contributed by atoms with Crippen LogP contribution in [-0.4, -0.2) is 49.1 Å². The predicted molar refractivity (Wildman–Crippen MR) is 115 cm³/mol. The van der Waals surface area contributed by atoms with E-state index in [4.69, 9.17) is 0 Å². The SMILES string of the molecule is CN=C(NCCN(C)C1CCCC1)NCc1nc(C(C)C)cs1.I. The Labute approximate surface area is 167 Å². The van der Waals surface area contributed by atoms with E-state index in [2.05, 4.69) is 51.8 Å². The first kappa shape index (κ1) is 21.6. The number of hydrogen-bond donors (Lipinski definition) is 2. The zero-order valence-corrected chi connectivity index (χ0v) is 18.5. The summed E-state index contributed by atoms with van der Waals surface area (Å²) in [6.45, 7) is 7.05. The second kappa shape index (κ2) is 11.3. The number of nitrogens with zero attached hydrogens (tertiary/aromatic N) is 3. The van der Waals surface area contributed by atoms with Gasteiger partial charge in [-0.3, -0.25) is 4.99 Å². The van der Waals surface area contributed by atoms with Crippen molar-refractivity contribution in [1.29, 1.82) is 0 Å². The van der Waals surface area contributed by atoms with Gasteiger partial charge in [-0.05, 0) is 25.8 Å². The molecular weight excluding hydrogens is 433 g/mol. The molecule has 0 amide bonds. The summed E-state index contributed by atoms with van der Waals surface area (Å²) in [4.78, 5) is 11.4. The lowest BCUT2D eigenvalue weighted by Crippen LogP contribution is -2.42. The van der Waals surface area contributed by atoms with Crippen LogP contribution in [0, 0.1) is 0 Å². The maximum Gasteiger partial charge on any atom is 0.191 e. The number of aromatic nitrogens is 1. The number of halogens is 1. The van der Waals surface area contributed by atoms with Crippen LogP contribution < -0.4 is 10.6 Å². The van der Waals surface area contributed by atoms with Gasteiger partial charge in [0.15, 0.2) is 5.96 Å². The first-order chi connectivity index (χ1) is 11.1. The molecule has 24 heavy (non-hydrogen) atoms. The molecule has 1 aliphatic carbocycles. The first-order valence-corrected chi connectivity index (χ1v) is 9.57. The monoisotopic (exact) mass is 465 g/mol. The van der Waals surface area contributed by atoms with Crippen molar-refractivity contribution in [2.24, 2.45) is 4.99 Å². The van der Waals surface area contributed by atoms with Gasteiger partial charge in [-0.2, -0.15) is 0 Å². The van der Waals surface area contributed by atoms with Gasteiger partial charge in [-0.1, -0.05) is 26.7 Å². The highest BCUT2D eigenvalue weighted by Gasteiger charge is 2.18. The van der Waals surface area contributed by atoms with Gasteiger partial charge in [0.1, 0.15) is 5.01 Å². The largest absolute Gasteiger partial charge is 0.355 e. The lowest BCUT2D eigenvalue weighted by molar-refractivity contribution is 0.249. The van der Waals surface area contributed by atoms with Crippen molar-refractivity contribution in [2.45, 2.75) is 58.0 Å². The molecule has 1 aliphatic rings. The minimum atomic E-state index is 0. The molecular formula is C17H32IN5S. The molecule has 0 bridgehead atoms. The van der Waals surface area contributed by atoms with Crippen LogP contribution in [0.15, 0.2) is 10.4 Å². The molecule has 5 nitrogen and oxygen atoms in total. The Balaban J connectivity index is 0.00000288. The minimum Gasteiger partial charge on any atom is -0.355 e. The third kappa shape index (κ3) is 6.84. The number of likely N-dealkylation sites (N-methyl/N-ethyl adjacent to an activating group) is 1. The van der Waals surface area contributed by atoms with Gasteiger partial charge in [0.05, 0.1) is 12.2 Å². The zero-order chi connectivity index (χ0) is 16.7. The molecule has 2 N–H and O–H groups in total. The van der Waals surface area contributed by atoms with Crippen LogP contribution in [-0.2, 0) is 6.54 Å². The smallest absolute Gasteiger partial charge is 0.191 e. The fraction of sp³-hybridized carbons (Fsp3) is 0.765. The van der Waals surface area contributed by atoms with Crippen molar-refractivity contribution in [1.82, 2.24) is 20.5 Å². The van der Waals surface area contributed by atoms with E-state index in [-0.39, 0.29) is 24.0 Å². The molecule has 1 aromatic heterocycles. The van der Waals surface area contributed by atoms with E-state index < -0.39 is 0 Å². The molecule has 0 unspecified atom stereocenters. The van der Waals surface area contributed by atoms with Crippen molar-refractivity contribution >= 4 is 41.3 Å². The van der Waals surface area contributed by atoms with Crippen molar-refractivity contribution in [3.05, 3.63) is 16.1 Å². The lowest BCUT2D eigenvalue weighted by Gasteiger charge is -2.24. The topological polar surface area (TPSA) is 52.6 Å². The van der Waals surface area contributed by atoms with E-state index >= 15 is 0 Å². The summed E-state index contributed by atoms with van der Waals surface area (Å²) in [7, 11) is 4.05. The Morgan fingerprint density at radius 1 is 1.38 bits per heavy atom. The van der Waals surface area contributed by atoms with E-state index in [0.29, 0.717) is 5.92 Å². The number of rotatable bonds is 7. The number of nitrogens with one attached hydrogen (secondary N) is 2. The standard InChI is InChI=1S/C17H31N5S.HI/c1-13(2)15-12-23-16(21-15)11-20-17(18-3)19-9-10-22(4)14-7-5-6-8-14;/h12-14H,5-11H2,1-4H3,(H2,18,19,20);1H. The fourth-order valence-corrected chi connectivity index (χ4v) is 3.82. The maximum atomic E-state index is 4.64. The van der Waals surface area contributed by atoms with Gasteiger partial charge in [0.2, 0.25) is 0 Å². The normalized spacial score (nSPS) is 15.8. The maximum absolute atomic E-state index is 4.64. The molecule has 1 heterocycles. The fourth-order valence-electron chi connectivity index (χ4n) is 2.93. The van der Waals surface area contributed by atoms with E-state index in [1.807, 2.05) is 7.05 Å². The molecule has 0 aliphatic heterocycles. The molecule has 1 fully saturated rings. The third-order valence-corrected chi connectivity index (χ3v) is 5.36. The average molecular weight is 465 g/mol. The molecule has 7 heteroatoms. The summed E-state index contributed by atoms with van der Waals surface area (Å²) in [5.74, 6) is 1.34. The lowest BCUT2D eigenvalue weighted by atomic mass is 10.2. The zero-order valence-electron chi connectivity index (χ0n) is 15.3. The van der Waals surface area contributed by atoms with Crippen LogP contribution in [0.5, 0.6) is 0 Å².